The third-order valence-electron chi connectivity index (χ3n) is 4.11. The summed E-state index contributed by atoms with van der Waals surface area (Å²) in [6.07, 6.45) is 13.4. The number of carbonyl (C=O) groups is 1. The SMILES string of the molecule is O=C1C=CC2=C3CC4CC=CC(C4)C3=NC2=C1. The fourth-order valence-electron chi connectivity index (χ4n) is 3.34. The molecule has 4 aliphatic rings. The highest BCUT2D eigenvalue weighted by atomic mass is 16.1. The molecular formula is C15H13NO. The predicted molar refractivity (Wildman–Crippen MR) is 66.7 cm³/mol. The first-order valence-corrected chi connectivity index (χ1v) is 6.24. The molecule has 1 fully saturated rings. The van der Waals surface area contributed by atoms with E-state index in [2.05, 4.69) is 17.1 Å². The highest BCUT2D eigenvalue weighted by Crippen LogP contribution is 2.44. The molecule has 4 rings (SSSR count). The van der Waals surface area contributed by atoms with Gasteiger partial charge in [0.25, 0.3) is 0 Å². The van der Waals surface area contributed by atoms with Crippen LogP contribution in [0.5, 0.6) is 0 Å². The van der Waals surface area contributed by atoms with Gasteiger partial charge in [-0.25, -0.2) is 0 Å². The topological polar surface area (TPSA) is 29.4 Å². The van der Waals surface area contributed by atoms with Crippen LogP contribution >= 0.6 is 0 Å². The van der Waals surface area contributed by atoms with Gasteiger partial charge in [-0.05, 0) is 42.9 Å². The molecule has 2 unspecified atom stereocenters. The van der Waals surface area contributed by atoms with Crippen molar-refractivity contribution in [3.63, 3.8) is 0 Å². The molecule has 0 aromatic rings. The number of rotatable bonds is 0. The maximum Gasteiger partial charge on any atom is 0.180 e. The smallest absolute Gasteiger partial charge is 0.180 e. The minimum absolute atomic E-state index is 0.0610. The van der Waals surface area contributed by atoms with Crippen LogP contribution in [0.4, 0.5) is 0 Å². The Morgan fingerprint density at radius 1 is 1.29 bits per heavy atom. The van der Waals surface area contributed by atoms with Crippen LogP contribution in [0.3, 0.4) is 0 Å². The maximum absolute atomic E-state index is 11.4. The maximum atomic E-state index is 11.4. The van der Waals surface area contributed by atoms with Gasteiger partial charge in [-0.1, -0.05) is 12.2 Å². The van der Waals surface area contributed by atoms with Crippen LogP contribution < -0.4 is 0 Å². The molecular weight excluding hydrogens is 210 g/mol. The van der Waals surface area contributed by atoms with Gasteiger partial charge in [0.15, 0.2) is 5.78 Å². The van der Waals surface area contributed by atoms with E-state index in [9.17, 15) is 4.79 Å². The van der Waals surface area contributed by atoms with Gasteiger partial charge < -0.3 is 0 Å². The lowest BCUT2D eigenvalue weighted by Gasteiger charge is -2.32. The Balaban J connectivity index is 1.89. The largest absolute Gasteiger partial charge is 0.290 e. The zero-order valence-electron chi connectivity index (χ0n) is 9.52. The Kier molecular flexibility index (Phi) is 1.74. The van der Waals surface area contributed by atoms with Crippen LogP contribution in [-0.4, -0.2) is 11.5 Å². The van der Waals surface area contributed by atoms with E-state index in [4.69, 9.17) is 0 Å². The molecule has 0 aromatic carbocycles. The summed E-state index contributed by atoms with van der Waals surface area (Å²) in [6.45, 7) is 0. The van der Waals surface area contributed by atoms with E-state index >= 15 is 0 Å². The summed E-state index contributed by atoms with van der Waals surface area (Å²) in [5, 5.41) is 0. The summed E-state index contributed by atoms with van der Waals surface area (Å²) in [7, 11) is 0. The van der Waals surface area contributed by atoms with Gasteiger partial charge >= 0.3 is 0 Å². The van der Waals surface area contributed by atoms with Gasteiger partial charge in [0, 0.05) is 17.6 Å². The highest BCUT2D eigenvalue weighted by Gasteiger charge is 2.36. The van der Waals surface area contributed by atoms with E-state index in [1.165, 1.54) is 29.7 Å². The van der Waals surface area contributed by atoms with Gasteiger partial charge in [-0.15, -0.1) is 0 Å². The number of carbonyl (C=O) groups excluding carboxylic acids is 1. The number of aliphatic imine (C=N–C) groups is 1. The number of ketones is 1. The molecule has 84 valence electrons. The summed E-state index contributed by atoms with van der Waals surface area (Å²) in [6, 6.07) is 0. The second kappa shape index (κ2) is 3.16. The van der Waals surface area contributed by atoms with Crippen molar-refractivity contribution in [3.8, 4) is 0 Å². The second-order valence-electron chi connectivity index (χ2n) is 5.23. The van der Waals surface area contributed by atoms with Crippen molar-refractivity contribution in [2.45, 2.75) is 19.3 Å². The molecule has 2 nitrogen and oxygen atoms in total. The van der Waals surface area contributed by atoms with Crippen molar-refractivity contribution in [1.29, 1.82) is 0 Å². The summed E-state index contributed by atoms with van der Waals surface area (Å²) < 4.78 is 0. The van der Waals surface area contributed by atoms with E-state index in [0.29, 0.717) is 5.92 Å². The molecule has 2 atom stereocenters. The summed E-state index contributed by atoms with van der Waals surface area (Å²) in [4.78, 5) is 16.1. The zero-order valence-corrected chi connectivity index (χ0v) is 9.52. The number of fused-ring (bicyclic) bond motifs is 5. The molecule has 0 N–H and O–H groups in total. The molecule has 1 saturated carbocycles. The molecule has 3 aliphatic carbocycles. The van der Waals surface area contributed by atoms with Gasteiger partial charge in [0.2, 0.25) is 0 Å². The standard InChI is InChI=1S/C15H13NO/c17-11-4-5-12-13-7-9-2-1-3-10(6-9)15(13)16-14(12)8-11/h1,3-5,8-10H,2,6-7H2. The van der Waals surface area contributed by atoms with Gasteiger partial charge in [-0.2, -0.15) is 0 Å². The van der Waals surface area contributed by atoms with E-state index in [1.54, 1.807) is 12.2 Å². The fraction of sp³-hybridized carbons (Fsp3) is 0.333. The number of nitrogens with zero attached hydrogens (tertiary/aromatic N) is 1. The van der Waals surface area contributed by atoms with E-state index in [1.807, 2.05) is 6.08 Å². The average Bonchev–Trinajstić information content (AvgIpc) is 2.67. The summed E-state index contributed by atoms with van der Waals surface area (Å²) >= 11 is 0. The van der Waals surface area contributed by atoms with Crippen molar-refractivity contribution < 1.29 is 4.79 Å². The Hall–Kier alpha value is -1.70. The third-order valence-corrected chi connectivity index (χ3v) is 4.11. The molecule has 2 heteroatoms. The number of hydrogen-bond acceptors (Lipinski definition) is 2. The lowest BCUT2D eigenvalue weighted by molar-refractivity contribution is -0.110. The Morgan fingerprint density at radius 2 is 2.24 bits per heavy atom. The average molecular weight is 223 g/mol. The van der Waals surface area contributed by atoms with Crippen LogP contribution in [0.15, 0.2) is 52.2 Å². The highest BCUT2D eigenvalue weighted by molar-refractivity contribution is 6.12. The van der Waals surface area contributed by atoms with E-state index in [-0.39, 0.29) is 5.78 Å². The first-order chi connectivity index (χ1) is 8.31. The van der Waals surface area contributed by atoms with E-state index in [0.717, 1.165) is 18.0 Å². The van der Waals surface area contributed by atoms with Gasteiger partial charge in [-0.3, -0.25) is 9.79 Å². The van der Waals surface area contributed by atoms with Crippen LogP contribution in [0.2, 0.25) is 0 Å². The molecule has 17 heavy (non-hydrogen) atoms. The first-order valence-electron chi connectivity index (χ1n) is 6.24. The lowest BCUT2D eigenvalue weighted by atomic mass is 9.72. The molecule has 0 saturated heterocycles. The minimum Gasteiger partial charge on any atom is -0.290 e. The number of hydrogen-bond donors (Lipinski definition) is 0. The minimum atomic E-state index is 0.0610. The van der Waals surface area contributed by atoms with Crippen LogP contribution in [-0.2, 0) is 4.79 Å². The third kappa shape index (κ3) is 1.27. The molecule has 1 aliphatic heterocycles. The number of allylic oxidation sites excluding steroid dienone is 6. The van der Waals surface area contributed by atoms with Crippen LogP contribution in [0.1, 0.15) is 19.3 Å². The predicted octanol–water partition coefficient (Wildman–Crippen LogP) is 2.75. The zero-order chi connectivity index (χ0) is 11.4. The summed E-state index contributed by atoms with van der Waals surface area (Å²) in [5.74, 6) is 1.32. The van der Waals surface area contributed by atoms with Crippen molar-refractivity contribution >= 4 is 11.5 Å². The van der Waals surface area contributed by atoms with Crippen molar-refractivity contribution in [3.05, 3.63) is 47.2 Å². The van der Waals surface area contributed by atoms with Crippen molar-refractivity contribution in [2.24, 2.45) is 16.8 Å². The van der Waals surface area contributed by atoms with Gasteiger partial charge in [0.05, 0.1) is 11.4 Å². The molecule has 2 bridgehead atoms. The fourth-order valence-corrected chi connectivity index (χ4v) is 3.34. The Labute approximate surface area is 100 Å². The van der Waals surface area contributed by atoms with Crippen molar-refractivity contribution in [2.75, 3.05) is 0 Å². The Morgan fingerprint density at radius 3 is 3.18 bits per heavy atom. The molecule has 0 radical (unpaired) electrons. The second-order valence-corrected chi connectivity index (χ2v) is 5.23. The van der Waals surface area contributed by atoms with E-state index < -0.39 is 0 Å². The summed E-state index contributed by atoms with van der Waals surface area (Å²) in [5.41, 5.74) is 4.71. The van der Waals surface area contributed by atoms with Crippen LogP contribution in [0, 0.1) is 11.8 Å². The van der Waals surface area contributed by atoms with Gasteiger partial charge in [0.1, 0.15) is 0 Å². The lowest BCUT2D eigenvalue weighted by Crippen LogP contribution is -2.27. The quantitative estimate of drug-likeness (QED) is 0.581. The molecule has 0 aromatic heterocycles. The molecule has 1 heterocycles. The Bertz CT molecular complexity index is 572. The monoisotopic (exact) mass is 223 g/mol. The molecule has 0 spiro atoms. The first kappa shape index (κ1) is 9.34. The molecule has 0 amide bonds. The normalized spacial score (nSPS) is 33.3. The van der Waals surface area contributed by atoms with Crippen molar-refractivity contribution in [1.82, 2.24) is 0 Å². The van der Waals surface area contributed by atoms with Crippen LogP contribution in [0.25, 0.3) is 0 Å².